The van der Waals surface area contributed by atoms with Gasteiger partial charge < -0.3 is 9.90 Å². The van der Waals surface area contributed by atoms with Crippen LogP contribution in [0.4, 0.5) is 13.2 Å². The Bertz CT molecular complexity index is 405. The maximum absolute atomic E-state index is 12.8. The van der Waals surface area contributed by atoms with Crippen LogP contribution < -0.4 is 24.0 Å². The fourth-order valence-electron chi connectivity index (χ4n) is 0.827. The van der Waals surface area contributed by atoms with E-state index in [1.807, 2.05) is 0 Å². The standard InChI is InChI=1S/C9H5F3O2.Li/c10-6-3-1-5(2-4-7(13)14)8(11)9(6)12;/h1-4H,(H,13,14);/q;+1/p-1. The molecule has 0 aliphatic rings. The van der Waals surface area contributed by atoms with Crippen molar-refractivity contribution in [3.63, 3.8) is 0 Å². The molecule has 0 N–H and O–H groups in total. The molecule has 0 aromatic heterocycles. The Balaban J connectivity index is 0.00000196. The van der Waals surface area contributed by atoms with E-state index in [0.29, 0.717) is 12.1 Å². The molecule has 0 heterocycles. The molecular formula is C9H4F3LiO2. The molecule has 0 saturated carbocycles. The normalized spacial score (nSPS) is 10.1. The smallest absolute Gasteiger partial charge is 0.545 e. The van der Waals surface area contributed by atoms with Crippen LogP contribution in [0.5, 0.6) is 0 Å². The number of aliphatic carboxylic acids is 1. The monoisotopic (exact) mass is 208 g/mol. The quantitative estimate of drug-likeness (QED) is 0.316. The minimum absolute atomic E-state index is 0. The predicted molar refractivity (Wildman–Crippen MR) is 40.4 cm³/mol. The first kappa shape index (κ1) is 13.8. The molecule has 0 saturated heterocycles. The average molecular weight is 208 g/mol. The van der Waals surface area contributed by atoms with Crippen molar-refractivity contribution in [3.05, 3.63) is 41.2 Å². The second kappa shape index (κ2) is 5.64. The van der Waals surface area contributed by atoms with E-state index in [1.165, 1.54) is 0 Å². The van der Waals surface area contributed by atoms with Gasteiger partial charge in [0.2, 0.25) is 0 Å². The minimum atomic E-state index is -1.63. The van der Waals surface area contributed by atoms with Gasteiger partial charge in [-0.2, -0.15) is 0 Å². The zero-order valence-corrected chi connectivity index (χ0v) is 7.76. The summed E-state index contributed by atoms with van der Waals surface area (Å²) in [6.07, 6.45) is 1.31. The molecule has 0 aliphatic carbocycles. The molecule has 1 aromatic carbocycles. The molecule has 74 valence electrons. The third-order valence-corrected chi connectivity index (χ3v) is 1.46. The third-order valence-electron chi connectivity index (χ3n) is 1.46. The second-order valence-corrected chi connectivity index (χ2v) is 2.42. The van der Waals surface area contributed by atoms with Gasteiger partial charge in [0.1, 0.15) is 0 Å². The molecule has 0 amide bonds. The van der Waals surface area contributed by atoms with Crippen molar-refractivity contribution < 1.29 is 41.9 Å². The summed E-state index contributed by atoms with van der Waals surface area (Å²) in [5.74, 6) is -5.93. The Morgan fingerprint density at radius 3 is 2.33 bits per heavy atom. The topological polar surface area (TPSA) is 40.1 Å². The number of hydrogen-bond acceptors (Lipinski definition) is 2. The van der Waals surface area contributed by atoms with Crippen molar-refractivity contribution in [2.24, 2.45) is 0 Å². The van der Waals surface area contributed by atoms with E-state index in [2.05, 4.69) is 0 Å². The summed E-state index contributed by atoms with van der Waals surface area (Å²) in [6, 6.07) is 1.63. The summed E-state index contributed by atoms with van der Waals surface area (Å²) in [5.41, 5.74) is -0.354. The predicted octanol–water partition coefficient (Wildman–Crippen LogP) is -2.13. The van der Waals surface area contributed by atoms with Crippen molar-refractivity contribution in [2.45, 2.75) is 0 Å². The average Bonchev–Trinajstić information content (AvgIpc) is 2.13. The molecule has 0 bridgehead atoms. The minimum Gasteiger partial charge on any atom is -0.545 e. The molecule has 0 radical (unpaired) electrons. The molecule has 1 aromatic rings. The molecule has 0 aliphatic heterocycles. The summed E-state index contributed by atoms with van der Waals surface area (Å²) in [6.45, 7) is 0. The number of carbonyl (C=O) groups excluding carboxylic acids is 1. The van der Waals surface area contributed by atoms with E-state index in [-0.39, 0.29) is 24.4 Å². The maximum atomic E-state index is 12.8. The number of rotatable bonds is 2. The largest absolute Gasteiger partial charge is 1.00 e. The van der Waals surface area contributed by atoms with Gasteiger partial charge in [0.05, 0.1) is 5.97 Å². The molecule has 6 heteroatoms. The second-order valence-electron chi connectivity index (χ2n) is 2.42. The van der Waals surface area contributed by atoms with E-state index in [4.69, 9.17) is 0 Å². The van der Waals surface area contributed by atoms with Crippen molar-refractivity contribution in [3.8, 4) is 0 Å². The third kappa shape index (κ3) is 3.46. The fraction of sp³-hybridized carbons (Fsp3) is 0. The van der Waals surface area contributed by atoms with Crippen LogP contribution in [0.25, 0.3) is 6.08 Å². The Kier molecular flexibility index (Phi) is 5.19. The number of hydrogen-bond donors (Lipinski definition) is 0. The van der Waals surface area contributed by atoms with Gasteiger partial charge in [-0.15, -0.1) is 0 Å². The van der Waals surface area contributed by atoms with Gasteiger partial charge in [0.25, 0.3) is 0 Å². The van der Waals surface area contributed by atoms with Crippen LogP contribution in [0.3, 0.4) is 0 Å². The summed E-state index contributed by atoms with van der Waals surface area (Å²) in [7, 11) is 0. The van der Waals surface area contributed by atoms with Crippen molar-refractivity contribution in [1.82, 2.24) is 0 Å². The van der Waals surface area contributed by atoms with Crippen LogP contribution in [0.2, 0.25) is 0 Å². The Labute approximate surface area is 95.6 Å². The van der Waals surface area contributed by atoms with E-state index >= 15 is 0 Å². The summed E-state index contributed by atoms with van der Waals surface area (Å²) < 4.78 is 37.8. The van der Waals surface area contributed by atoms with Crippen molar-refractivity contribution in [2.75, 3.05) is 0 Å². The summed E-state index contributed by atoms with van der Waals surface area (Å²) in [4.78, 5) is 9.95. The first-order valence-electron chi connectivity index (χ1n) is 3.55. The van der Waals surface area contributed by atoms with Crippen LogP contribution in [-0.4, -0.2) is 5.97 Å². The Morgan fingerprint density at radius 1 is 1.20 bits per heavy atom. The van der Waals surface area contributed by atoms with E-state index < -0.39 is 23.4 Å². The Hall–Kier alpha value is -1.18. The van der Waals surface area contributed by atoms with Gasteiger partial charge in [-0.3, -0.25) is 0 Å². The fourth-order valence-corrected chi connectivity index (χ4v) is 0.827. The molecule has 0 fully saturated rings. The summed E-state index contributed by atoms with van der Waals surface area (Å²) in [5, 5.41) is 9.95. The van der Waals surface area contributed by atoms with Crippen LogP contribution >= 0.6 is 0 Å². The van der Waals surface area contributed by atoms with Crippen LogP contribution in [0.1, 0.15) is 5.56 Å². The van der Waals surface area contributed by atoms with Crippen LogP contribution in [0.15, 0.2) is 18.2 Å². The van der Waals surface area contributed by atoms with E-state index in [1.54, 1.807) is 0 Å². The van der Waals surface area contributed by atoms with Gasteiger partial charge in [0.15, 0.2) is 17.5 Å². The number of halogens is 3. The number of benzene rings is 1. The number of carboxylic acid groups (broad SMARTS) is 1. The molecule has 15 heavy (non-hydrogen) atoms. The molecule has 0 atom stereocenters. The first-order valence-corrected chi connectivity index (χ1v) is 3.55. The van der Waals surface area contributed by atoms with Gasteiger partial charge in [0, 0.05) is 5.56 Å². The van der Waals surface area contributed by atoms with Gasteiger partial charge in [-0.25, -0.2) is 13.2 Å². The van der Waals surface area contributed by atoms with E-state index in [0.717, 1.165) is 12.1 Å². The number of carboxylic acids is 1. The van der Waals surface area contributed by atoms with Gasteiger partial charge in [-0.05, 0) is 18.2 Å². The van der Waals surface area contributed by atoms with Gasteiger partial charge in [-0.1, -0.05) is 6.08 Å². The Morgan fingerprint density at radius 2 is 1.80 bits per heavy atom. The molecule has 2 nitrogen and oxygen atoms in total. The number of carbonyl (C=O) groups is 1. The van der Waals surface area contributed by atoms with Crippen LogP contribution in [-0.2, 0) is 4.79 Å². The zero-order valence-electron chi connectivity index (χ0n) is 7.76. The van der Waals surface area contributed by atoms with Gasteiger partial charge >= 0.3 is 18.9 Å². The van der Waals surface area contributed by atoms with Crippen molar-refractivity contribution in [1.29, 1.82) is 0 Å². The summed E-state index contributed by atoms with van der Waals surface area (Å²) >= 11 is 0. The molecule has 0 spiro atoms. The molecule has 0 unspecified atom stereocenters. The first-order chi connectivity index (χ1) is 6.52. The maximum Gasteiger partial charge on any atom is 1.00 e. The SMILES string of the molecule is O=C([O-])C=Cc1ccc(F)c(F)c1F.[Li+]. The zero-order chi connectivity index (χ0) is 10.7. The van der Waals surface area contributed by atoms with Crippen molar-refractivity contribution >= 4 is 12.0 Å². The molecular weight excluding hydrogens is 204 g/mol. The van der Waals surface area contributed by atoms with Crippen LogP contribution in [0, 0.1) is 17.5 Å². The molecule has 1 rings (SSSR count). The van der Waals surface area contributed by atoms with E-state index in [9.17, 15) is 23.1 Å².